The van der Waals surface area contributed by atoms with E-state index in [1.165, 1.54) is 0 Å². The van der Waals surface area contributed by atoms with Crippen molar-refractivity contribution in [3.63, 3.8) is 0 Å². The molecule has 0 aliphatic rings. The van der Waals surface area contributed by atoms with E-state index in [-0.39, 0.29) is 17.1 Å². The summed E-state index contributed by atoms with van der Waals surface area (Å²) in [6, 6.07) is 5.12. The number of benzene rings is 2. The summed E-state index contributed by atoms with van der Waals surface area (Å²) in [6.07, 6.45) is -3.56. The molecule has 1 heterocycles. The largest absolute Gasteiger partial charge is 0.477 e. The fraction of sp³-hybridized carbons (Fsp3) is 0.0556. The molecule has 0 spiro atoms. The molecule has 0 fully saturated rings. The molecule has 1 aromatic heterocycles. The van der Waals surface area contributed by atoms with Gasteiger partial charge in [-0.15, -0.1) is 0 Å². The summed E-state index contributed by atoms with van der Waals surface area (Å²) >= 11 is 5.87. The molecule has 9 nitrogen and oxygen atoms in total. The Balaban J connectivity index is 2.25. The molecule has 0 bridgehead atoms. The fourth-order valence-corrected chi connectivity index (χ4v) is 2.93. The third kappa shape index (κ3) is 4.33. The van der Waals surface area contributed by atoms with Crippen LogP contribution in [-0.4, -0.2) is 26.2 Å². The van der Waals surface area contributed by atoms with Gasteiger partial charge in [-0.1, -0.05) is 11.6 Å². The van der Waals surface area contributed by atoms with Crippen LogP contribution in [0.2, 0.25) is 5.02 Å². The predicted octanol–water partition coefficient (Wildman–Crippen LogP) is 4.51. The van der Waals surface area contributed by atoms with Crippen molar-refractivity contribution in [3.8, 4) is 22.6 Å². The van der Waals surface area contributed by atoms with E-state index in [9.17, 15) is 38.0 Å². The summed E-state index contributed by atoms with van der Waals surface area (Å²) in [4.78, 5) is 34.4. The van der Waals surface area contributed by atoms with Gasteiger partial charge in [-0.2, -0.15) is 18.3 Å². The number of ether oxygens (including phenoxy) is 1. The second-order valence-corrected chi connectivity index (χ2v) is 6.35. The number of halogens is 4. The molecule has 2 N–H and O–H groups in total. The molecule has 0 unspecified atom stereocenters. The van der Waals surface area contributed by atoms with Gasteiger partial charge in [-0.3, -0.25) is 14.9 Å². The van der Waals surface area contributed by atoms with Gasteiger partial charge in [-0.05, 0) is 30.3 Å². The number of nitro benzene ring substituents is 1. The maximum atomic E-state index is 12.8. The van der Waals surface area contributed by atoms with Crippen molar-refractivity contribution in [3.05, 3.63) is 79.2 Å². The zero-order valence-electron chi connectivity index (χ0n) is 14.9. The van der Waals surface area contributed by atoms with Crippen molar-refractivity contribution >= 4 is 23.3 Å². The number of carboxylic acid groups (broad SMARTS) is 1. The topological polar surface area (TPSA) is 135 Å². The number of aromatic amines is 1. The fourth-order valence-electron chi connectivity index (χ4n) is 2.71. The van der Waals surface area contributed by atoms with Gasteiger partial charge in [-0.25, -0.2) is 9.89 Å². The molecule has 0 saturated heterocycles. The van der Waals surface area contributed by atoms with Crippen LogP contribution in [0.25, 0.3) is 11.1 Å². The molecule has 0 aliphatic heterocycles. The van der Waals surface area contributed by atoms with Crippen LogP contribution >= 0.6 is 11.6 Å². The van der Waals surface area contributed by atoms with Crippen LogP contribution in [0, 0.1) is 10.1 Å². The van der Waals surface area contributed by atoms with Gasteiger partial charge in [0, 0.05) is 12.3 Å². The van der Waals surface area contributed by atoms with Gasteiger partial charge in [0.2, 0.25) is 0 Å². The summed E-state index contributed by atoms with van der Waals surface area (Å²) in [6.45, 7) is 0. The van der Waals surface area contributed by atoms with E-state index in [2.05, 4.69) is 10.2 Å². The second-order valence-electron chi connectivity index (χ2n) is 5.94. The molecule has 0 saturated carbocycles. The monoisotopic (exact) mass is 455 g/mol. The average molecular weight is 456 g/mol. The van der Waals surface area contributed by atoms with Crippen LogP contribution in [0.15, 0.2) is 47.4 Å². The number of nitrogens with one attached hydrogen (secondary N) is 1. The van der Waals surface area contributed by atoms with Gasteiger partial charge >= 0.3 is 12.1 Å². The van der Waals surface area contributed by atoms with E-state index in [1.807, 2.05) is 0 Å². The Morgan fingerprint density at radius 3 is 2.42 bits per heavy atom. The van der Waals surface area contributed by atoms with E-state index in [4.69, 9.17) is 16.3 Å². The molecule has 3 aromatic rings. The highest BCUT2D eigenvalue weighted by atomic mass is 35.5. The average Bonchev–Trinajstić information content (AvgIpc) is 2.68. The summed E-state index contributed by atoms with van der Waals surface area (Å²) in [5.74, 6) is -2.39. The van der Waals surface area contributed by atoms with Crippen LogP contribution in [0.5, 0.6) is 11.5 Å². The number of aromatic nitrogens is 2. The van der Waals surface area contributed by atoms with Crippen molar-refractivity contribution in [2.75, 3.05) is 0 Å². The molecule has 0 atom stereocenters. The smallest absolute Gasteiger partial charge is 0.416 e. The molecule has 0 radical (unpaired) electrons. The van der Waals surface area contributed by atoms with Crippen molar-refractivity contribution in [2.24, 2.45) is 0 Å². The standard InChI is InChI=1S/C18H9ClF3N3O6/c19-10-7-8(18(20,21)22)1-3-12(10)31-13-4-2-11(25(29)30)15(17(27)28)14(13)9-5-6-23-24-16(9)26/h1-7H,(H,24,26)(H,27,28). The first-order valence-corrected chi connectivity index (χ1v) is 8.52. The van der Waals surface area contributed by atoms with E-state index in [1.54, 1.807) is 0 Å². The Hall–Kier alpha value is -3.93. The zero-order chi connectivity index (χ0) is 22.9. The highest BCUT2D eigenvalue weighted by Crippen LogP contribution is 2.42. The number of H-pyrrole nitrogens is 1. The van der Waals surface area contributed by atoms with Crippen LogP contribution in [-0.2, 0) is 6.18 Å². The molecule has 3 rings (SSSR count). The van der Waals surface area contributed by atoms with Gasteiger partial charge in [0.05, 0.1) is 26.6 Å². The molecular weight excluding hydrogens is 447 g/mol. The lowest BCUT2D eigenvalue weighted by Crippen LogP contribution is -2.14. The Morgan fingerprint density at radius 1 is 1.19 bits per heavy atom. The molecule has 160 valence electrons. The van der Waals surface area contributed by atoms with Gasteiger partial charge in [0.15, 0.2) is 0 Å². The predicted molar refractivity (Wildman–Crippen MR) is 100 cm³/mol. The van der Waals surface area contributed by atoms with E-state index < -0.39 is 50.0 Å². The number of nitro groups is 1. The maximum Gasteiger partial charge on any atom is 0.416 e. The van der Waals surface area contributed by atoms with Gasteiger partial charge < -0.3 is 9.84 Å². The molecule has 0 aliphatic carbocycles. The number of aromatic carboxylic acids is 1. The molecule has 13 heteroatoms. The summed E-state index contributed by atoms with van der Waals surface area (Å²) in [7, 11) is 0. The van der Waals surface area contributed by atoms with Gasteiger partial charge in [0.25, 0.3) is 11.2 Å². The van der Waals surface area contributed by atoms with Crippen LogP contribution in [0.1, 0.15) is 15.9 Å². The van der Waals surface area contributed by atoms with Gasteiger partial charge in [0.1, 0.15) is 17.1 Å². The number of carbonyl (C=O) groups is 1. The minimum atomic E-state index is -4.67. The van der Waals surface area contributed by atoms with E-state index >= 15 is 0 Å². The molecule has 2 aromatic carbocycles. The number of hydrogen-bond acceptors (Lipinski definition) is 6. The van der Waals surface area contributed by atoms with Crippen LogP contribution in [0.3, 0.4) is 0 Å². The Bertz CT molecular complexity index is 1260. The Morgan fingerprint density at radius 2 is 1.87 bits per heavy atom. The summed E-state index contributed by atoms with van der Waals surface area (Å²) in [5, 5.41) is 26.0. The normalized spacial score (nSPS) is 11.2. The Labute approximate surface area is 174 Å². The minimum absolute atomic E-state index is 0.299. The lowest BCUT2D eigenvalue weighted by atomic mass is 9.98. The van der Waals surface area contributed by atoms with Crippen molar-refractivity contribution in [2.45, 2.75) is 6.18 Å². The molecule has 0 amide bonds. The van der Waals surface area contributed by atoms with E-state index in [0.717, 1.165) is 30.5 Å². The van der Waals surface area contributed by atoms with Crippen LogP contribution in [0.4, 0.5) is 18.9 Å². The summed E-state index contributed by atoms with van der Waals surface area (Å²) < 4.78 is 44.0. The maximum absolute atomic E-state index is 12.8. The first-order chi connectivity index (χ1) is 14.5. The quantitative estimate of drug-likeness (QED) is 0.426. The second kappa shape index (κ2) is 8.07. The summed E-state index contributed by atoms with van der Waals surface area (Å²) in [5.41, 5.74) is -4.42. The lowest BCUT2D eigenvalue weighted by Gasteiger charge is -2.15. The highest BCUT2D eigenvalue weighted by Gasteiger charge is 2.32. The first-order valence-electron chi connectivity index (χ1n) is 8.14. The third-order valence-corrected chi connectivity index (χ3v) is 4.33. The van der Waals surface area contributed by atoms with Crippen molar-refractivity contribution in [1.82, 2.24) is 10.2 Å². The number of hydrogen-bond donors (Lipinski definition) is 2. The number of carboxylic acids is 1. The highest BCUT2D eigenvalue weighted by molar-refractivity contribution is 6.32. The minimum Gasteiger partial charge on any atom is -0.477 e. The zero-order valence-corrected chi connectivity index (χ0v) is 15.7. The number of nitrogens with zero attached hydrogens (tertiary/aromatic N) is 2. The molecule has 31 heavy (non-hydrogen) atoms. The first kappa shape index (κ1) is 21.8. The van der Waals surface area contributed by atoms with Crippen molar-refractivity contribution < 1.29 is 32.7 Å². The number of rotatable bonds is 5. The SMILES string of the molecule is O=C(O)c1c([N+](=O)[O-])ccc(Oc2ccc(C(F)(F)F)cc2Cl)c1-c1ccn[nH]c1=O. The third-order valence-electron chi connectivity index (χ3n) is 4.03. The number of alkyl halides is 3. The van der Waals surface area contributed by atoms with E-state index in [0.29, 0.717) is 12.1 Å². The lowest BCUT2D eigenvalue weighted by molar-refractivity contribution is -0.385. The van der Waals surface area contributed by atoms with Crippen molar-refractivity contribution in [1.29, 1.82) is 0 Å². The molecular formula is C18H9ClF3N3O6. The van der Waals surface area contributed by atoms with Crippen LogP contribution < -0.4 is 10.3 Å². The Kier molecular flexibility index (Phi) is 5.66.